The van der Waals surface area contributed by atoms with Crippen LogP contribution in [0.4, 0.5) is 17.2 Å². The number of rotatable bonds is 3. The molecule has 0 saturated carbocycles. The Hall–Kier alpha value is -3.26. The van der Waals surface area contributed by atoms with Gasteiger partial charge < -0.3 is 10.6 Å². The van der Waals surface area contributed by atoms with Crippen LogP contribution in [0.1, 0.15) is 19.4 Å². The van der Waals surface area contributed by atoms with Gasteiger partial charge in [0.1, 0.15) is 5.82 Å². The van der Waals surface area contributed by atoms with Gasteiger partial charge in [0.2, 0.25) is 15.7 Å². The van der Waals surface area contributed by atoms with Crippen molar-refractivity contribution in [2.24, 2.45) is 0 Å². The Bertz CT molecular complexity index is 1230. The summed E-state index contributed by atoms with van der Waals surface area (Å²) in [5.74, 6) is 0.215. The van der Waals surface area contributed by atoms with Crippen LogP contribution in [-0.4, -0.2) is 24.3 Å². The molecular weight excluding hydrogens is 364 g/mol. The second kappa shape index (κ2) is 6.17. The van der Waals surface area contributed by atoms with Gasteiger partial charge in [-0.25, -0.2) is 13.4 Å². The first-order valence-electron chi connectivity index (χ1n) is 8.21. The van der Waals surface area contributed by atoms with Crippen molar-refractivity contribution in [3.63, 3.8) is 0 Å². The number of aromatic nitrogens is 2. The van der Waals surface area contributed by atoms with Crippen LogP contribution in [0.25, 0.3) is 17.0 Å². The van der Waals surface area contributed by atoms with E-state index in [0.29, 0.717) is 38.6 Å². The number of hydrogen-bond acceptors (Lipinski definition) is 6. The van der Waals surface area contributed by atoms with Gasteiger partial charge >= 0.3 is 0 Å². The molecule has 3 heterocycles. The lowest BCUT2D eigenvalue weighted by Gasteiger charge is -2.12. The lowest BCUT2D eigenvalue weighted by molar-refractivity contribution is -0.114. The summed E-state index contributed by atoms with van der Waals surface area (Å²) in [6, 6.07) is 8.66. The fourth-order valence-electron chi connectivity index (χ4n) is 3.03. The van der Waals surface area contributed by atoms with Gasteiger partial charge in [0.25, 0.3) is 0 Å². The minimum Gasteiger partial charge on any atom is -0.355 e. The lowest BCUT2D eigenvalue weighted by Crippen LogP contribution is -2.07. The van der Waals surface area contributed by atoms with E-state index in [0.717, 1.165) is 0 Å². The summed E-state index contributed by atoms with van der Waals surface area (Å²) < 4.78 is 25.0. The molecule has 0 unspecified atom stereocenters. The Kier molecular flexibility index (Phi) is 3.92. The van der Waals surface area contributed by atoms with E-state index < -0.39 is 9.84 Å². The molecule has 0 fully saturated rings. The normalized spacial score (nSPS) is 14.5. The molecule has 1 aromatic carbocycles. The number of nitrogens with one attached hydrogen (secondary N) is 2. The second-order valence-electron chi connectivity index (χ2n) is 6.26. The zero-order valence-corrected chi connectivity index (χ0v) is 15.5. The summed E-state index contributed by atoms with van der Waals surface area (Å²) in [4.78, 5) is 20.3. The van der Waals surface area contributed by atoms with Crippen molar-refractivity contribution in [1.82, 2.24) is 9.97 Å². The van der Waals surface area contributed by atoms with E-state index in [1.54, 1.807) is 55.7 Å². The van der Waals surface area contributed by atoms with Gasteiger partial charge in [0.05, 0.1) is 10.4 Å². The summed E-state index contributed by atoms with van der Waals surface area (Å²) in [6.07, 6.45) is 4.90. The van der Waals surface area contributed by atoms with E-state index in [2.05, 4.69) is 20.6 Å². The number of allylic oxidation sites excluding steroid dienone is 1. The highest BCUT2D eigenvalue weighted by atomic mass is 32.2. The SMILES string of the molecule is CC(=O)Nc1cc(Nc2ccnc3cc4c(cc23)S(=O)(=O)C(C)=C4)ccn1. The van der Waals surface area contributed by atoms with Crippen molar-refractivity contribution < 1.29 is 13.2 Å². The van der Waals surface area contributed by atoms with Crippen molar-refractivity contribution in [2.45, 2.75) is 18.7 Å². The first-order valence-corrected chi connectivity index (χ1v) is 9.70. The fourth-order valence-corrected chi connectivity index (χ4v) is 4.36. The van der Waals surface area contributed by atoms with Crippen molar-refractivity contribution in [2.75, 3.05) is 10.6 Å². The standard InChI is InChI=1S/C19H16N4O3S/c1-11-7-13-8-17-15(10-18(13)27(11,25)26)16(4-6-20-17)23-14-3-5-21-19(9-14)22-12(2)24/h3-10H,1-2H3,(H2,20,21,22,23,24). The first kappa shape index (κ1) is 17.2. The third-order valence-corrected chi connectivity index (χ3v) is 6.19. The first-order chi connectivity index (χ1) is 12.8. The molecule has 1 amide bonds. The number of anilines is 3. The van der Waals surface area contributed by atoms with Crippen LogP contribution in [0.5, 0.6) is 0 Å². The average molecular weight is 380 g/mol. The van der Waals surface area contributed by atoms with Gasteiger partial charge in [-0.15, -0.1) is 0 Å². The lowest BCUT2D eigenvalue weighted by atomic mass is 10.1. The summed E-state index contributed by atoms with van der Waals surface area (Å²) in [6.45, 7) is 3.00. The Morgan fingerprint density at radius 3 is 2.63 bits per heavy atom. The average Bonchev–Trinajstić information content (AvgIpc) is 2.82. The monoisotopic (exact) mass is 380 g/mol. The summed E-state index contributed by atoms with van der Waals surface area (Å²) in [5, 5.41) is 6.57. The summed E-state index contributed by atoms with van der Waals surface area (Å²) in [7, 11) is -3.44. The van der Waals surface area contributed by atoms with Crippen LogP contribution in [0.15, 0.2) is 52.5 Å². The van der Waals surface area contributed by atoms with Crippen molar-refractivity contribution in [1.29, 1.82) is 0 Å². The molecule has 2 N–H and O–H groups in total. The number of benzene rings is 1. The number of fused-ring (bicyclic) bond motifs is 2. The molecule has 0 bridgehead atoms. The maximum absolute atomic E-state index is 12.5. The van der Waals surface area contributed by atoms with E-state index in [1.165, 1.54) is 6.92 Å². The van der Waals surface area contributed by atoms with Crippen LogP contribution in [0.2, 0.25) is 0 Å². The molecule has 1 aliphatic rings. The van der Waals surface area contributed by atoms with Gasteiger partial charge in [-0.1, -0.05) is 0 Å². The number of carbonyl (C=O) groups excluding carboxylic acids is 1. The number of carbonyl (C=O) groups is 1. The molecule has 0 radical (unpaired) electrons. The van der Waals surface area contributed by atoms with Crippen LogP contribution < -0.4 is 10.6 Å². The van der Waals surface area contributed by atoms with E-state index in [4.69, 9.17) is 0 Å². The third kappa shape index (κ3) is 3.04. The van der Waals surface area contributed by atoms with E-state index in [9.17, 15) is 13.2 Å². The molecular formula is C19H16N4O3S. The molecule has 2 aromatic heterocycles. The molecule has 0 saturated heterocycles. The minimum atomic E-state index is -3.44. The van der Waals surface area contributed by atoms with Crippen molar-refractivity contribution in [3.8, 4) is 0 Å². The Morgan fingerprint density at radius 1 is 1.07 bits per heavy atom. The number of pyridine rings is 2. The molecule has 3 aromatic rings. The smallest absolute Gasteiger partial charge is 0.222 e. The van der Waals surface area contributed by atoms with Crippen LogP contribution in [-0.2, 0) is 14.6 Å². The van der Waals surface area contributed by atoms with Crippen molar-refractivity contribution >= 4 is 49.9 Å². The van der Waals surface area contributed by atoms with Gasteiger partial charge in [0.15, 0.2) is 0 Å². The number of amides is 1. The maximum Gasteiger partial charge on any atom is 0.222 e. The largest absolute Gasteiger partial charge is 0.355 e. The minimum absolute atomic E-state index is 0.211. The highest BCUT2D eigenvalue weighted by Crippen LogP contribution is 2.37. The van der Waals surface area contributed by atoms with Crippen LogP contribution in [0, 0.1) is 0 Å². The Balaban J connectivity index is 1.78. The maximum atomic E-state index is 12.5. The van der Waals surface area contributed by atoms with Crippen LogP contribution in [0.3, 0.4) is 0 Å². The molecule has 7 nitrogen and oxygen atoms in total. The number of nitrogens with zero attached hydrogens (tertiary/aromatic N) is 2. The summed E-state index contributed by atoms with van der Waals surface area (Å²) in [5.41, 5.74) is 2.76. The molecule has 1 aliphatic heterocycles. The Morgan fingerprint density at radius 2 is 1.85 bits per heavy atom. The fraction of sp³-hybridized carbons (Fsp3) is 0.105. The van der Waals surface area contributed by atoms with Crippen LogP contribution >= 0.6 is 0 Å². The van der Waals surface area contributed by atoms with Crippen molar-refractivity contribution in [3.05, 3.63) is 53.2 Å². The van der Waals surface area contributed by atoms with E-state index in [-0.39, 0.29) is 10.8 Å². The number of sulfone groups is 1. The molecule has 0 spiro atoms. The quantitative estimate of drug-likeness (QED) is 0.721. The molecule has 8 heteroatoms. The predicted octanol–water partition coefficient (Wildman–Crippen LogP) is 3.48. The highest BCUT2D eigenvalue weighted by molar-refractivity contribution is 7.95. The van der Waals surface area contributed by atoms with Gasteiger partial charge in [-0.2, -0.15) is 0 Å². The van der Waals surface area contributed by atoms with Gasteiger partial charge in [0, 0.05) is 47.0 Å². The molecule has 136 valence electrons. The molecule has 0 aliphatic carbocycles. The second-order valence-corrected chi connectivity index (χ2v) is 8.35. The zero-order valence-electron chi connectivity index (χ0n) is 14.6. The molecule has 27 heavy (non-hydrogen) atoms. The van der Waals surface area contributed by atoms with E-state index >= 15 is 0 Å². The zero-order chi connectivity index (χ0) is 19.2. The third-order valence-electron chi connectivity index (χ3n) is 4.29. The number of hydrogen-bond donors (Lipinski definition) is 2. The topological polar surface area (TPSA) is 101 Å². The highest BCUT2D eigenvalue weighted by Gasteiger charge is 2.27. The van der Waals surface area contributed by atoms with Gasteiger partial charge in [-0.3, -0.25) is 9.78 Å². The summed E-state index contributed by atoms with van der Waals surface area (Å²) >= 11 is 0. The molecule has 0 atom stereocenters. The predicted molar refractivity (Wildman–Crippen MR) is 104 cm³/mol. The van der Waals surface area contributed by atoms with E-state index in [1.807, 2.05) is 0 Å². The molecule has 4 rings (SSSR count). The Labute approximate surface area is 156 Å². The van der Waals surface area contributed by atoms with Gasteiger partial charge in [-0.05, 0) is 42.8 Å².